The van der Waals surface area contributed by atoms with Crippen LogP contribution in [0.2, 0.25) is 0 Å². The van der Waals surface area contributed by atoms with Gasteiger partial charge >= 0.3 is 0 Å². The molecule has 0 aliphatic heterocycles. The van der Waals surface area contributed by atoms with E-state index < -0.39 is 0 Å². The van der Waals surface area contributed by atoms with Gasteiger partial charge in [0.1, 0.15) is 11.6 Å². The number of nitrogens with zero attached hydrogens (tertiary/aromatic N) is 3. The van der Waals surface area contributed by atoms with Crippen LogP contribution < -0.4 is 0 Å². The molecule has 0 unspecified atom stereocenters. The van der Waals surface area contributed by atoms with E-state index in [1.165, 1.54) is 44.3 Å². The van der Waals surface area contributed by atoms with Crippen molar-refractivity contribution in [3.8, 4) is 0 Å². The van der Waals surface area contributed by atoms with E-state index in [1.807, 2.05) is 0 Å². The zero-order chi connectivity index (χ0) is 12.1. The lowest BCUT2D eigenvalue weighted by Gasteiger charge is -2.15. The minimum absolute atomic E-state index is 0.472. The first-order valence-corrected chi connectivity index (χ1v) is 7.38. The Labute approximate surface area is 109 Å². The maximum Gasteiger partial charge on any atom is 0.147 e. The minimum Gasteiger partial charge on any atom is -0.314 e. The van der Waals surface area contributed by atoms with Gasteiger partial charge in [-0.15, -0.1) is 21.8 Å². The van der Waals surface area contributed by atoms with Crippen LogP contribution in [0.4, 0.5) is 0 Å². The Bertz CT molecular complexity index is 340. The number of halogens is 1. The van der Waals surface area contributed by atoms with Crippen molar-refractivity contribution in [3.05, 3.63) is 11.6 Å². The first-order chi connectivity index (χ1) is 8.36. The zero-order valence-corrected chi connectivity index (χ0v) is 11.4. The monoisotopic (exact) mass is 255 g/mol. The molecule has 1 aromatic rings. The molecule has 2 rings (SSSR count). The fraction of sp³-hybridized carbons (Fsp3) is 0.846. The van der Waals surface area contributed by atoms with E-state index >= 15 is 0 Å². The third-order valence-electron chi connectivity index (χ3n) is 3.64. The number of rotatable bonds is 4. The van der Waals surface area contributed by atoms with Gasteiger partial charge in [0.05, 0.1) is 5.88 Å². The van der Waals surface area contributed by atoms with E-state index in [1.54, 1.807) is 0 Å². The van der Waals surface area contributed by atoms with Crippen molar-refractivity contribution in [2.24, 2.45) is 0 Å². The van der Waals surface area contributed by atoms with E-state index in [9.17, 15) is 0 Å². The first kappa shape index (κ1) is 12.9. The topological polar surface area (TPSA) is 30.7 Å². The summed E-state index contributed by atoms with van der Waals surface area (Å²) in [5, 5.41) is 8.64. The standard InChI is InChI=1S/C13H22ClN3/c1-2-9-17-12(10-14)15-16-13(17)11-7-5-3-4-6-8-11/h11H,2-10H2,1H3. The molecule has 0 saturated heterocycles. The highest BCUT2D eigenvalue weighted by atomic mass is 35.5. The summed E-state index contributed by atoms with van der Waals surface area (Å²) in [7, 11) is 0. The van der Waals surface area contributed by atoms with Crippen molar-refractivity contribution in [2.45, 2.75) is 70.2 Å². The lowest BCUT2D eigenvalue weighted by Crippen LogP contribution is -2.11. The van der Waals surface area contributed by atoms with Crippen molar-refractivity contribution in [3.63, 3.8) is 0 Å². The van der Waals surface area contributed by atoms with Crippen LogP contribution in [0.15, 0.2) is 0 Å². The average Bonchev–Trinajstić information content (AvgIpc) is 2.58. The minimum atomic E-state index is 0.472. The molecule has 1 aliphatic rings. The van der Waals surface area contributed by atoms with Gasteiger partial charge in [-0.2, -0.15) is 0 Å². The molecule has 0 radical (unpaired) electrons. The lowest BCUT2D eigenvalue weighted by atomic mass is 9.99. The van der Waals surface area contributed by atoms with Gasteiger partial charge in [-0.25, -0.2) is 0 Å². The van der Waals surface area contributed by atoms with E-state index in [4.69, 9.17) is 11.6 Å². The summed E-state index contributed by atoms with van der Waals surface area (Å²) in [6.07, 6.45) is 9.07. The Morgan fingerprint density at radius 1 is 1.18 bits per heavy atom. The third kappa shape index (κ3) is 3.01. The van der Waals surface area contributed by atoms with Gasteiger partial charge in [-0.1, -0.05) is 32.6 Å². The Kier molecular flexibility index (Phi) is 4.84. The molecule has 0 amide bonds. The molecule has 17 heavy (non-hydrogen) atoms. The number of hydrogen-bond acceptors (Lipinski definition) is 2. The Morgan fingerprint density at radius 3 is 2.47 bits per heavy atom. The van der Waals surface area contributed by atoms with Crippen LogP contribution in [0.25, 0.3) is 0 Å². The van der Waals surface area contributed by atoms with E-state index in [0.717, 1.165) is 18.8 Å². The zero-order valence-electron chi connectivity index (χ0n) is 10.7. The maximum atomic E-state index is 5.93. The molecule has 0 N–H and O–H groups in total. The van der Waals surface area contributed by atoms with Crippen LogP contribution in [0.3, 0.4) is 0 Å². The summed E-state index contributed by atoms with van der Waals surface area (Å²) in [5.74, 6) is 3.20. The third-order valence-corrected chi connectivity index (χ3v) is 3.88. The molecule has 0 aromatic carbocycles. The van der Waals surface area contributed by atoms with E-state index in [-0.39, 0.29) is 0 Å². The second kappa shape index (κ2) is 6.39. The van der Waals surface area contributed by atoms with Crippen molar-refractivity contribution >= 4 is 11.6 Å². The van der Waals surface area contributed by atoms with Crippen LogP contribution in [0, 0.1) is 0 Å². The summed E-state index contributed by atoms with van der Waals surface area (Å²) >= 11 is 5.93. The fourth-order valence-electron chi connectivity index (χ4n) is 2.75. The molecule has 1 fully saturated rings. The van der Waals surface area contributed by atoms with E-state index in [2.05, 4.69) is 21.7 Å². The second-order valence-corrected chi connectivity index (χ2v) is 5.22. The summed E-state index contributed by atoms with van der Waals surface area (Å²) < 4.78 is 2.25. The van der Waals surface area contributed by atoms with Crippen LogP contribution in [-0.4, -0.2) is 14.8 Å². The summed E-state index contributed by atoms with van der Waals surface area (Å²) in [6, 6.07) is 0. The summed E-state index contributed by atoms with van der Waals surface area (Å²) in [4.78, 5) is 0. The molecule has 1 aromatic heterocycles. The highest BCUT2D eigenvalue weighted by Gasteiger charge is 2.21. The molecule has 0 atom stereocenters. The maximum absolute atomic E-state index is 5.93. The molecule has 3 nitrogen and oxygen atoms in total. The van der Waals surface area contributed by atoms with Gasteiger partial charge < -0.3 is 4.57 Å². The molecule has 0 bridgehead atoms. The van der Waals surface area contributed by atoms with Crippen LogP contribution in [0.1, 0.15) is 69.4 Å². The molecule has 4 heteroatoms. The number of aromatic nitrogens is 3. The van der Waals surface area contributed by atoms with Crippen LogP contribution >= 0.6 is 11.6 Å². The molecule has 1 aliphatic carbocycles. The van der Waals surface area contributed by atoms with Gasteiger partial charge in [0.25, 0.3) is 0 Å². The van der Waals surface area contributed by atoms with Gasteiger partial charge in [0, 0.05) is 12.5 Å². The summed E-state index contributed by atoms with van der Waals surface area (Å²) in [5.41, 5.74) is 0. The summed E-state index contributed by atoms with van der Waals surface area (Å²) in [6.45, 7) is 3.19. The fourth-order valence-corrected chi connectivity index (χ4v) is 2.95. The lowest BCUT2D eigenvalue weighted by molar-refractivity contribution is 0.511. The van der Waals surface area contributed by atoms with Crippen molar-refractivity contribution in [1.29, 1.82) is 0 Å². The molecule has 0 spiro atoms. The molecule has 96 valence electrons. The van der Waals surface area contributed by atoms with Crippen molar-refractivity contribution in [1.82, 2.24) is 14.8 Å². The normalized spacial score (nSPS) is 18.2. The highest BCUT2D eigenvalue weighted by Crippen LogP contribution is 2.31. The van der Waals surface area contributed by atoms with E-state index in [0.29, 0.717) is 11.8 Å². The van der Waals surface area contributed by atoms with Gasteiger partial charge in [-0.05, 0) is 19.3 Å². The molecule has 1 saturated carbocycles. The second-order valence-electron chi connectivity index (χ2n) is 4.95. The first-order valence-electron chi connectivity index (χ1n) is 6.84. The predicted octanol–water partition coefficient (Wildman–Crippen LogP) is 3.86. The molecule has 1 heterocycles. The average molecular weight is 256 g/mol. The predicted molar refractivity (Wildman–Crippen MR) is 70.3 cm³/mol. The number of alkyl halides is 1. The quantitative estimate of drug-likeness (QED) is 0.604. The Morgan fingerprint density at radius 2 is 1.88 bits per heavy atom. The smallest absolute Gasteiger partial charge is 0.147 e. The Balaban J connectivity index is 2.20. The highest BCUT2D eigenvalue weighted by molar-refractivity contribution is 6.16. The molecular weight excluding hydrogens is 234 g/mol. The van der Waals surface area contributed by atoms with Crippen LogP contribution in [0.5, 0.6) is 0 Å². The van der Waals surface area contributed by atoms with Gasteiger partial charge in [0.2, 0.25) is 0 Å². The van der Waals surface area contributed by atoms with Crippen molar-refractivity contribution in [2.75, 3.05) is 0 Å². The van der Waals surface area contributed by atoms with Crippen LogP contribution in [-0.2, 0) is 12.4 Å². The molecular formula is C13H22ClN3. The van der Waals surface area contributed by atoms with Crippen molar-refractivity contribution < 1.29 is 0 Å². The Hall–Kier alpha value is -0.570. The number of hydrogen-bond donors (Lipinski definition) is 0. The van der Waals surface area contributed by atoms with Gasteiger partial charge in [0.15, 0.2) is 0 Å². The SMILES string of the molecule is CCCn1c(CCl)nnc1C1CCCCCC1. The van der Waals surface area contributed by atoms with Gasteiger partial charge in [-0.3, -0.25) is 0 Å². The largest absolute Gasteiger partial charge is 0.314 e.